The van der Waals surface area contributed by atoms with Gasteiger partial charge >= 0.3 is 6.18 Å². The van der Waals surface area contributed by atoms with Crippen LogP contribution < -0.4 is 0 Å². The van der Waals surface area contributed by atoms with Gasteiger partial charge in [-0.1, -0.05) is 12.1 Å². The molecule has 5 aromatic rings. The lowest BCUT2D eigenvalue weighted by molar-refractivity contribution is -0.137. The molecule has 2 aromatic carbocycles. The SMILES string of the molecule is Cn1cnnc1-c1cc(F)ccc1-c1cc(C2CC2)cc(-n2cc(-c3nc(CO)ccc3C(F)(F)F)cn2)c1. The molecule has 198 valence electrons. The molecule has 1 saturated carbocycles. The second-order valence-corrected chi connectivity index (χ2v) is 9.57. The standard InChI is InChI=1S/C28H22F4N6O/c1-37-15-33-36-27(37)24-11-20(29)4-6-23(24)18-8-17(16-2-3-16)9-22(10-18)38-13-19(12-34-38)26-25(28(30,31)32)7-5-21(14-39)35-26/h4-13,15-16,39H,2-3,14H2,1H3. The minimum atomic E-state index is -4.63. The lowest BCUT2D eigenvalue weighted by Gasteiger charge is -2.14. The zero-order chi connectivity index (χ0) is 27.3. The number of aromatic nitrogens is 6. The third-order valence-electron chi connectivity index (χ3n) is 6.77. The molecule has 3 aromatic heterocycles. The summed E-state index contributed by atoms with van der Waals surface area (Å²) >= 11 is 0. The third-order valence-corrected chi connectivity index (χ3v) is 6.77. The first-order chi connectivity index (χ1) is 18.7. The number of aryl methyl sites for hydroxylation is 1. The Balaban J connectivity index is 1.48. The van der Waals surface area contributed by atoms with Crippen molar-refractivity contribution in [1.82, 2.24) is 29.5 Å². The number of alkyl halides is 3. The molecule has 0 amide bonds. The third kappa shape index (κ3) is 4.81. The number of hydrogen-bond donors (Lipinski definition) is 1. The molecule has 0 bridgehead atoms. The molecule has 0 unspecified atom stereocenters. The molecule has 6 rings (SSSR count). The lowest BCUT2D eigenvalue weighted by atomic mass is 9.95. The van der Waals surface area contributed by atoms with Crippen LogP contribution in [0.15, 0.2) is 67.3 Å². The van der Waals surface area contributed by atoms with Gasteiger partial charge in [-0.25, -0.2) is 14.1 Å². The van der Waals surface area contributed by atoms with Gasteiger partial charge in [0.15, 0.2) is 5.82 Å². The Morgan fingerprint density at radius 1 is 1.00 bits per heavy atom. The Bertz CT molecular complexity index is 1690. The molecule has 0 saturated heterocycles. The van der Waals surface area contributed by atoms with Crippen molar-refractivity contribution in [3.05, 3.63) is 89.9 Å². The number of pyridine rings is 1. The number of aliphatic hydroxyl groups is 1. The van der Waals surface area contributed by atoms with Crippen molar-refractivity contribution in [2.45, 2.75) is 31.5 Å². The Labute approximate surface area is 220 Å². The second kappa shape index (κ2) is 9.42. The summed E-state index contributed by atoms with van der Waals surface area (Å²) in [6.45, 7) is -0.489. The van der Waals surface area contributed by atoms with E-state index < -0.39 is 24.2 Å². The average Bonchev–Trinajstić information content (AvgIpc) is 3.50. The Hall–Kier alpha value is -4.38. The maximum absolute atomic E-state index is 14.3. The fourth-order valence-corrected chi connectivity index (χ4v) is 4.68. The van der Waals surface area contributed by atoms with Gasteiger partial charge in [-0.3, -0.25) is 0 Å². The van der Waals surface area contributed by atoms with Crippen LogP contribution in [0.5, 0.6) is 0 Å². The predicted octanol–water partition coefficient (Wildman–Crippen LogP) is 5.92. The predicted molar refractivity (Wildman–Crippen MR) is 135 cm³/mol. The van der Waals surface area contributed by atoms with Crippen LogP contribution in [0.1, 0.15) is 35.6 Å². The van der Waals surface area contributed by atoms with Crippen LogP contribution in [0.4, 0.5) is 17.6 Å². The first kappa shape index (κ1) is 24.9. The van der Waals surface area contributed by atoms with E-state index >= 15 is 0 Å². The van der Waals surface area contributed by atoms with Gasteiger partial charge in [-0.15, -0.1) is 10.2 Å². The highest BCUT2D eigenvalue weighted by Crippen LogP contribution is 2.43. The largest absolute Gasteiger partial charge is 0.418 e. The number of nitrogens with zero attached hydrogens (tertiary/aromatic N) is 6. The molecule has 1 N–H and O–H groups in total. The second-order valence-electron chi connectivity index (χ2n) is 9.57. The molecular formula is C28H22F4N6O. The molecular weight excluding hydrogens is 512 g/mol. The molecule has 0 aliphatic heterocycles. The summed E-state index contributed by atoms with van der Waals surface area (Å²) in [5, 5.41) is 21.9. The van der Waals surface area contributed by atoms with Crippen LogP contribution in [0.2, 0.25) is 0 Å². The normalized spacial score (nSPS) is 13.7. The number of hydrogen-bond acceptors (Lipinski definition) is 5. The maximum Gasteiger partial charge on any atom is 0.418 e. The van der Waals surface area contributed by atoms with E-state index in [1.54, 1.807) is 17.7 Å². The van der Waals surface area contributed by atoms with Crippen molar-refractivity contribution < 1.29 is 22.7 Å². The number of halogens is 4. The van der Waals surface area contributed by atoms with Crippen LogP contribution in [0.3, 0.4) is 0 Å². The Morgan fingerprint density at radius 2 is 1.82 bits per heavy atom. The van der Waals surface area contributed by atoms with Gasteiger partial charge < -0.3 is 9.67 Å². The van der Waals surface area contributed by atoms with E-state index in [0.717, 1.165) is 41.7 Å². The summed E-state index contributed by atoms with van der Waals surface area (Å²) in [7, 11) is 1.77. The summed E-state index contributed by atoms with van der Waals surface area (Å²) in [5.41, 5.74) is 2.86. The quantitative estimate of drug-likeness (QED) is 0.274. The number of aliphatic hydroxyl groups excluding tert-OH is 1. The fourth-order valence-electron chi connectivity index (χ4n) is 4.68. The van der Waals surface area contributed by atoms with Crippen molar-refractivity contribution in [2.75, 3.05) is 0 Å². The van der Waals surface area contributed by atoms with Crippen molar-refractivity contribution >= 4 is 0 Å². The van der Waals surface area contributed by atoms with Gasteiger partial charge in [-0.05, 0) is 71.8 Å². The van der Waals surface area contributed by atoms with Crippen molar-refractivity contribution in [3.63, 3.8) is 0 Å². The zero-order valence-electron chi connectivity index (χ0n) is 20.7. The molecule has 1 aliphatic rings. The van der Waals surface area contributed by atoms with E-state index in [1.165, 1.54) is 35.5 Å². The fraction of sp³-hybridized carbons (Fsp3) is 0.214. The maximum atomic E-state index is 14.3. The summed E-state index contributed by atoms with van der Waals surface area (Å²) in [6.07, 6.45) is 1.78. The summed E-state index contributed by atoms with van der Waals surface area (Å²) in [4.78, 5) is 4.04. The van der Waals surface area contributed by atoms with Crippen molar-refractivity contribution in [1.29, 1.82) is 0 Å². The number of benzene rings is 2. The minimum absolute atomic E-state index is 0.122. The van der Waals surface area contributed by atoms with Crippen LogP contribution >= 0.6 is 0 Å². The van der Waals surface area contributed by atoms with E-state index in [1.807, 2.05) is 18.2 Å². The first-order valence-corrected chi connectivity index (χ1v) is 12.2. The molecule has 11 heteroatoms. The van der Waals surface area contributed by atoms with Crippen molar-refractivity contribution in [3.8, 4) is 39.5 Å². The highest BCUT2D eigenvalue weighted by atomic mass is 19.4. The van der Waals surface area contributed by atoms with E-state index in [2.05, 4.69) is 20.3 Å². The monoisotopic (exact) mass is 534 g/mol. The van der Waals surface area contributed by atoms with Gasteiger partial charge in [0.05, 0.1) is 35.4 Å². The van der Waals surface area contributed by atoms with Crippen LogP contribution in [0, 0.1) is 5.82 Å². The molecule has 3 heterocycles. The Morgan fingerprint density at radius 3 is 2.51 bits per heavy atom. The van der Waals surface area contributed by atoms with Gasteiger partial charge in [0, 0.05) is 24.4 Å². The van der Waals surface area contributed by atoms with E-state index in [4.69, 9.17) is 0 Å². The smallest absolute Gasteiger partial charge is 0.390 e. The lowest BCUT2D eigenvalue weighted by Crippen LogP contribution is -2.09. The zero-order valence-corrected chi connectivity index (χ0v) is 20.7. The molecule has 1 fully saturated rings. The topological polar surface area (TPSA) is 81.7 Å². The molecule has 0 spiro atoms. The van der Waals surface area contributed by atoms with E-state index in [9.17, 15) is 22.7 Å². The van der Waals surface area contributed by atoms with Crippen LogP contribution in [-0.2, 0) is 19.8 Å². The van der Waals surface area contributed by atoms with Gasteiger partial charge in [0.2, 0.25) is 0 Å². The van der Waals surface area contributed by atoms with E-state index in [0.29, 0.717) is 23.0 Å². The highest BCUT2D eigenvalue weighted by molar-refractivity contribution is 5.82. The molecule has 0 atom stereocenters. The van der Waals surface area contributed by atoms with Crippen molar-refractivity contribution in [2.24, 2.45) is 7.05 Å². The first-order valence-electron chi connectivity index (χ1n) is 12.2. The van der Waals surface area contributed by atoms with Gasteiger partial charge in [-0.2, -0.15) is 18.3 Å². The molecule has 39 heavy (non-hydrogen) atoms. The van der Waals surface area contributed by atoms with Gasteiger partial charge in [0.1, 0.15) is 12.1 Å². The average molecular weight is 535 g/mol. The Kier molecular flexibility index (Phi) is 6.02. The molecule has 0 radical (unpaired) electrons. The summed E-state index contributed by atoms with van der Waals surface area (Å²) in [5.74, 6) is 0.445. The highest BCUT2D eigenvalue weighted by Gasteiger charge is 2.35. The molecule has 1 aliphatic carbocycles. The van der Waals surface area contributed by atoms with Crippen LogP contribution in [0.25, 0.3) is 39.5 Å². The van der Waals surface area contributed by atoms with E-state index in [-0.39, 0.29) is 17.0 Å². The van der Waals surface area contributed by atoms with Gasteiger partial charge in [0.25, 0.3) is 0 Å². The minimum Gasteiger partial charge on any atom is -0.390 e. The molecule has 7 nitrogen and oxygen atoms in total. The summed E-state index contributed by atoms with van der Waals surface area (Å²) < 4.78 is 58.7. The number of rotatable bonds is 6. The van der Waals surface area contributed by atoms with Crippen LogP contribution in [-0.4, -0.2) is 34.6 Å². The summed E-state index contributed by atoms with van der Waals surface area (Å²) in [6, 6.07) is 12.4.